The van der Waals surface area contributed by atoms with Crippen LogP contribution < -0.4 is 5.73 Å². The standard InChI is InChI=1S/C4H8N4/c1-8-3-6-2-7-4(8)5/h2-4H,5H2,1H3. The molecule has 1 rings (SSSR count). The topological polar surface area (TPSA) is 54.0 Å². The van der Waals surface area contributed by atoms with Crippen LogP contribution in [0.1, 0.15) is 0 Å². The van der Waals surface area contributed by atoms with Crippen molar-refractivity contribution < 1.29 is 0 Å². The SMILES string of the molecule is CN1C=NC=NC1N. The highest BCUT2D eigenvalue weighted by atomic mass is 15.3. The van der Waals surface area contributed by atoms with Crippen LogP contribution in [0.5, 0.6) is 0 Å². The highest BCUT2D eigenvalue weighted by Crippen LogP contribution is 1.89. The summed E-state index contributed by atoms with van der Waals surface area (Å²) >= 11 is 0. The van der Waals surface area contributed by atoms with Crippen LogP contribution in [0.15, 0.2) is 9.98 Å². The van der Waals surface area contributed by atoms with E-state index in [4.69, 9.17) is 5.73 Å². The molecule has 1 aliphatic heterocycles. The molecule has 4 heteroatoms. The number of nitrogens with two attached hydrogens (primary N) is 1. The van der Waals surface area contributed by atoms with Crippen molar-refractivity contribution in [2.75, 3.05) is 7.05 Å². The molecule has 0 aromatic heterocycles. The second-order valence-electron chi connectivity index (χ2n) is 1.61. The second kappa shape index (κ2) is 1.92. The molecule has 44 valence electrons. The Hall–Kier alpha value is -0.900. The van der Waals surface area contributed by atoms with Gasteiger partial charge in [0.2, 0.25) is 0 Å². The van der Waals surface area contributed by atoms with E-state index in [0.29, 0.717) is 0 Å². The molecule has 0 amide bonds. The van der Waals surface area contributed by atoms with Gasteiger partial charge in [-0.05, 0) is 0 Å². The Morgan fingerprint density at radius 1 is 1.75 bits per heavy atom. The molecule has 0 fully saturated rings. The van der Waals surface area contributed by atoms with Gasteiger partial charge in [0.1, 0.15) is 6.34 Å². The molecule has 0 saturated heterocycles. The molecule has 0 aromatic carbocycles. The minimum atomic E-state index is -0.243. The van der Waals surface area contributed by atoms with Gasteiger partial charge in [0.25, 0.3) is 0 Å². The Morgan fingerprint density at radius 3 is 2.88 bits per heavy atom. The van der Waals surface area contributed by atoms with Crippen LogP contribution in [-0.4, -0.2) is 30.9 Å². The summed E-state index contributed by atoms with van der Waals surface area (Å²) in [6, 6.07) is 0. The van der Waals surface area contributed by atoms with E-state index < -0.39 is 0 Å². The highest BCUT2D eigenvalue weighted by molar-refractivity contribution is 5.73. The summed E-state index contributed by atoms with van der Waals surface area (Å²) in [4.78, 5) is 9.25. The van der Waals surface area contributed by atoms with Crippen LogP contribution in [0.3, 0.4) is 0 Å². The molecular weight excluding hydrogens is 104 g/mol. The maximum atomic E-state index is 5.42. The lowest BCUT2D eigenvalue weighted by Gasteiger charge is -2.19. The summed E-state index contributed by atoms with van der Waals surface area (Å²) in [5.74, 6) is 0. The maximum absolute atomic E-state index is 5.42. The van der Waals surface area contributed by atoms with E-state index in [1.807, 2.05) is 7.05 Å². The summed E-state index contributed by atoms with van der Waals surface area (Å²) in [6.45, 7) is 0. The first-order valence-corrected chi connectivity index (χ1v) is 2.33. The van der Waals surface area contributed by atoms with Crippen LogP contribution in [0.25, 0.3) is 0 Å². The Morgan fingerprint density at radius 2 is 2.50 bits per heavy atom. The average molecular weight is 112 g/mol. The van der Waals surface area contributed by atoms with Gasteiger partial charge in [-0.3, -0.25) is 5.73 Å². The fourth-order valence-corrected chi connectivity index (χ4v) is 0.415. The molecule has 8 heavy (non-hydrogen) atoms. The third-order valence-corrected chi connectivity index (χ3v) is 0.952. The van der Waals surface area contributed by atoms with Crippen molar-refractivity contribution in [1.82, 2.24) is 4.90 Å². The Labute approximate surface area is 47.7 Å². The largest absolute Gasteiger partial charge is 0.332 e. The second-order valence-corrected chi connectivity index (χ2v) is 1.61. The molecule has 1 unspecified atom stereocenters. The highest BCUT2D eigenvalue weighted by Gasteiger charge is 2.03. The van der Waals surface area contributed by atoms with Crippen LogP contribution in [0.2, 0.25) is 0 Å². The first-order valence-electron chi connectivity index (χ1n) is 2.33. The van der Waals surface area contributed by atoms with Crippen molar-refractivity contribution in [2.45, 2.75) is 6.29 Å². The van der Waals surface area contributed by atoms with E-state index in [-0.39, 0.29) is 6.29 Å². The van der Waals surface area contributed by atoms with E-state index in [2.05, 4.69) is 9.98 Å². The van der Waals surface area contributed by atoms with Crippen molar-refractivity contribution >= 4 is 12.7 Å². The van der Waals surface area contributed by atoms with Crippen molar-refractivity contribution in [1.29, 1.82) is 0 Å². The summed E-state index contributed by atoms with van der Waals surface area (Å²) in [6.07, 6.45) is 2.84. The quantitative estimate of drug-likeness (QED) is 0.447. The van der Waals surface area contributed by atoms with Crippen LogP contribution >= 0.6 is 0 Å². The number of rotatable bonds is 0. The number of hydrogen-bond acceptors (Lipinski definition) is 4. The van der Waals surface area contributed by atoms with Gasteiger partial charge in [-0.15, -0.1) is 0 Å². The summed E-state index contributed by atoms with van der Waals surface area (Å²) in [7, 11) is 1.82. The Balaban J connectivity index is 2.59. The zero-order valence-corrected chi connectivity index (χ0v) is 4.65. The van der Waals surface area contributed by atoms with Gasteiger partial charge in [-0.1, -0.05) is 0 Å². The summed E-state index contributed by atoms with van der Waals surface area (Å²) < 4.78 is 0. The molecule has 0 radical (unpaired) electrons. The molecular formula is C4H8N4. The van der Waals surface area contributed by atoms with Crippen molar-refractivity contribution in [3.05, 3.63) is 0 Å². The molecule has 0 aromatic rings. The van der Waals surface area contributed by atoms with Crippen molar-refractivity contribution in [3.63, 3.8) is 0 Å². The summed E-state index contributed by atoms with van der Waals surface area (Å²) in [5.41, 5.74) is 5.42. The lowest BCUT2D eigenvalue weighted by atomic mass is 10.7. The molecule has 0 spiro atoms. The molecule has 0 bridgehead atoms. The monoisotopic (exact) mass is 112 g/mol. The van der Waals surface area contributed by atoms with E-state index in [1.165, 1.54) is 6.34 Å². The summed E-state index contributed by atoms with van der Waals surface area (Å²) in [5, 5.41) is 0. The predicted octanol–water partition coefficient (Wildman–Crippen LogP) is -0.769. The van der Waals surface area contributed by atoms with Gasteiger partial charge in [-0.25, -0.2) is 9.98 Å². The fraction of sp³-hybridized carbons (Fsp3) is 0.500. The van der Waals surface area contributed by atoms with Gasteiger partial charge < -0.3 is 4.90 Å². The van der Waals surface area contributed by atoms with Crippen molar-refractivity contribution in [3.8, 4) is 0 Å². The van der Waals surface area contributed by atoms with Crippen LogP contribution in [0, 0.1) is 0 Å². The minimum Gasteiger partial charge on any atom is -0.332 e. The molecule has 2 N–H and O–H groups in total. The number of hydrogen-bond donors (Lipinski definition) is 1. The smallest absolute Gasteiger partial charge is 0.175 e. The third-order valence-electron chi connectivity index (χ3n) is 0.952. The van der Waals surface area contributed by atoms with E-state index >= 15 is 0 Å². The fourth-order valence-electron chi connectivity index (χ4n) is 0.415. The molecule has 1 atom stereocenters. The third kappa shape index (κ3) is 0.840. The Bertz CT molecular complexity index is 112. The van der Waals surface area contributed by atoms with Gasteiger partial charge in [0.05, 0.1) is 6.34 Å². The lowest BCUT2D eigenvalue weighted by molar-refractivity contribution is 0.394. The maximum Gasteiger partial charge on any atom is 0.175 e. The Kier molecular flexibility index (Phi) is 1.26. The van der Waals surface area contributed by atoms with E-state index in [0.717, 1.165) is 0 Å². The normalized spacial score (nSPS) is 26.8. The lowest BCUT2D eigenvalue weighted by Crippen LogP contribution is -2.38. The van der Waals surface area contributed by atoms with Gasteiger partial charge in [0.15, 0.2) is 6.29 Å². The molecule has 4 nitrogen and oxygen atoms in total. The van der Waals surface area contributed by atoms with Gasteiger partial charge in [-0.2, -0.15) is 0 Å². The zero-order valence-electron chi connectivity index (χ0n) is 4.65. The number of aliphatic imine (C=N–C) groups is 2. The van der Waals surface area contributed by atoms with E-state index in [1.54, 1.807) is 11.2 Å². The predicted molar refractivity (Wildman–Crippen MR) is 32.7 cm³/mol. The van der Waals surface area contributed by atoms with Crippen LogP contribution in [0.4, 0.5) is 0 Å². The molecule has 0 aliphatic carbocycles. The minimum absolute atomic E-state index is 0.243. The van der Waals surface area contributed by atoms with E-state index in [9.17, 15) is 0 Å². The first-order chi connectivity index (χ1) is 3.80. The van der Waals surface area contributed by atoms with Gasteiger partial charge in [0, 0.05) is 7.05 Å². The zero-order chi connectivity index (χ0) is 5.98. The molecule has 0 saturated carbocycles. The molecule has 1 heterocycles. The average Bonchev–Trinajstić information content (AvgIpc) is 1.77. The van der Waals surface area contributed by atoms with Crippen LogP contribution in [-0.2, 0) is 0 Å². The number of nitrogens with zero attached hydrogens (tertiary/aromatic N) is 3. The molecule has 1 aliphatic rings. The first kappa shape index (κ1) is 5.24. The van der Waals surface area contributed by atoms with Gasteiger partial charge >= 0.3 is 0 Å². The van der Waals surface area contributed by atoms with Crippen molar-refractivity contribution in [2.24, 2.45) is 15.7 Å².